The summed E-state index contributed by atoms with van der Waals surface area (Å²) < 4.78 is 0. The Morgan fingerprint density at radius 1 is 1.27 bits per heavy atom. The van der Waals surface area contributed by atoms with Crippen molar-refractivity contribution in [1.29, 1.82) is 0 Å². The van der Waals surface area contributed by atoms with Gasteiger partial charge in [-0.25, -0.2) is 0 Å². The molecule has 15 heavy (non-hydrogen) atoms. The topological polar surface area (TPSA) is 15.3 Å². The summed E-state index contributed by atoms with van der Waals surface area (Å²) in [5, 5.41) is 3.58. The van der Waals surface area contributed by atoms with Gasteiger partial charge in [0.15, 0.2) is 0 Å². The number of nitrogens with zero attached hydrogens (tertiary/aromatic N) is 1. The van der Waals surface area contributed by atoms with E-state index in [0.29, 0.717) is 5.54 Å². The van der Waals surface area contributed by atoms with Crippen molar-refractivity contribution in [2.24, 2.45) is 0 Å². The molecule has 2 fully saturated rings. The Hall–Kier alpha value is -0.0800. The molecule has 0 spiro atoms. The lowest BCUT2D eigenvalue weighted by molar-refractivity contribution is 0.172. The summed E-state index contributed by atoms with van der Waals surface area (Å²) in [5.41, 5.74) is 0.476. The van der Waals surface area contributed by atoms with E-state index < -0.39 is 0 Å². The third-order valence-corrected chi connectivity index (χ3v) is 3.94. The zero-order valence-electron chi connectivity index (χ0n) is 10.4. The first-order valence-electron chi connectivity index (χ1n) is 6.67. The van der Waals surface area contributed by atoms with E-state index in [0.717, 1.165) is 6.04 Å². The van der Waals surface area contributed by atoms with Crippen LogP contribution in [0.4, 0.5) is 0 Å². The number of hydrogen-bond acceptors (Lipinski definition) is 2. The second-order valence-corrected chi connectivity index (χ2v) is 5.84. The molecule has 1 saturated heterocycles. The van der Waals surface area contributed by atoms with E-state index in [1.54, 1.807) is 0 Å². The summed E-state index contributed by atoms with van der Waals surface area (Å²) in [6, 6.07) is 0.883. The molecule has 2 nitrogen and oxygen atoms in total. The van der Waals surface area contributed by atoms with Crippen LogP contribution in [-0.2, 0) is 0 Å². The van der Waals surface area contributed by atoms with Crippen LogP contribution >= 0.6 is 0 Å². The molecule has 0 amide bonds. The third-order valence-electron chi connectivity index (χ3n) is 3.94. The maximum atomic E-state index is 3.58. The van der Waals surface area contributed by atoms with E-state index >= 15 is 0 Å². The molecule has 1 heterocycles. The van der Waals surface area contributed by atoms with Gasteiger partial charge in [-0.1, -0.05) is 0 Å². The fraction of sp³-hybridized carbons (Fsp3) is 1.00. The molecule has 2 aliphatic rings. The molecular weight excluding hydrogens is 184 g/mol. The first-order chi connectivity index (χ1) is 7.18. The molecule has 1 saturated carbocycles. The molecule has 2 rings (SSSR count). The van der Waals surface area contributed by atoms with Crippen molar-refractivity contribution in [2.75, 3.05) is 19.6 Å². The number of unbranched alkanes of at least 4 members (excludes halogenated alkanes) is 1. The van der Waals surface area contributed by atoms with Crippen LogP contribution in [0.25, 0.3) is 0 Å². The molecule has 0 aromatic rings. The summed E-state index contributed by atoms with van der Waals surface area (Å²) in [5.74, 6) is 0. The van der Waals surface area contributed by atoms with Gasteiger partial charge in [-0.3, -0.25) is 4.90 Å². The van der Waals surface area contributed by atoms with Gasteiger partial charge in [0.2, 0.25) is 0 Å². The molecule has 1 aliphatic carbocycles. The Labute approximate surface area is 94.4 Å². The zero-order valence-corrected chi connectivity index (χ0v) is 10.4. The normalized spacial score (nSPS) is 26.0. The van der Waals surface area contributed by atoms with E-state index in [1.165, 1.54) is 58.2 Å². The quantitative estimate of drug-likeness (QED) is 0.677. The van der Waals surface area contributed by atoms with Crippen LogP contribution < -0.4 is 5.32 Å². The first kappa shape index (κ1) is 11.4. The lowest BCUT2D eigenvalue weighted by Gasteiger charge is -2.31. The lowest BCUT2D eigenvalue weighted by atomic mass is 10.0. The van der Waals surface area contributed by atoms with Crippen LogP contribution in [0.15, 0.2) is 0 Å². The van der Waals surface area contributed by atoms with Crippen LogP contribution in [0.2, 0.25) is 0 Å². The van der Waals surface area contributed by atoms with Gasteiger partial charge < -0.3 is 5.32 Å². The average Bonchev–Trinajstić information content (AvgIpc) is 2.92. The van der Waals surface area contributed by atoms with E-state index in [4.69, 9.17) is 0 Å². The maximum absolute atomic E-state index is 3.58. The average molecular weight is 210 g/mol. The minimum absolute atomic E-state index is 0.476. The number of rotatable bonds is 6. The predicted octanol–water partition coefficient (Wildman–Crippen LogP) is 2.39. The number of likely N-dealkylation sites (tertiary alicyclic amines) is 1. The molecule has 0 bridgehead atoms. The third kappa shape index (κ3) is 3.46. The lowest BCUT2D eigenvalue weighted by Crippen LogP contribution is -2.38. The Morgan fingerprint density at radius 2 is 2.07 bits per heavy atom. The van der Waals surface area contributed by atoms with Gasteiger partial charge in [0.1, 0.15) is 0 Å². The molecule has 0 aromatic carbocycles. The SMILES string of the molecule is CC1(C)CCCN1CCCCNC1CC1. The highest BCUT2D eigenvalue weighted by molar-refractivity contribution is 4.87. The fourth-order valence-corrected chi connectivity index (χ4v) is 2.60. The molecule has 1 N–H and O–H groups in total. The molecule has 0 aromatic heterocycles. The van der Waals surface area contributed by atoms with Gasteiger partial charge in [0, 0.05) is 11.6 Å². The van der Waals surface area contributed by atoms with E-state index in [1.807, 2.05) is 0 Å². The van der Waals surface area contributed by atoms with Crippen LogP contribution in [0.5, 0.6) is 0 Å². The van der Waals surface area contributed by atoms with Crippen molar-refractivity contribution in [1.82, 2.24) is 10.2 Å². The van der Waals surface area contributed by atoms with Gasteiger partial charge in [-0.15, -0.1) is 0 Å². The largest absolute Gasteiger partial charge is 0.314 e. The van der Waals surface area contributed by atoms with Crippen LogP contribution in [0, 0.1) is 0 Å². The Kier molecular flexibility index (Phi) is 3.68. The second-order valence-electron chi connectivity index (χ2n) is 5.84. The van der Waals surface area contributed by atoms with Gasteiger partial charge in [0.25, 0.3) is 0 Å². The highest BCUT2D eigenvalue weighted by Gasteiger charge is 2.30. The van der Waals surface area contributed by atoms with Crippen molar-refractivity contribution in [3.63, 3.8) is 0 Å². The summed E-state index contributed by atoms with van der Waals surface area (Å²) in [6.45, 7) is 8.65. The zero-order chi connectivity index (χ0) is 10.7. The molecule has 0 atom stereocenters. The van der Waals surface area contributed by atoms with Crippen LogP contribution in [0.1, 0.15) is 52.4 Å². The summed E-state index contributed by atoms with van der Waals surface area (Å²) in [6.07, 6.45) is 8.32. The highest BCUT2D eigenvalue weighted by atomic mass is 15.2. The van der Waals surface area contributed by atoms with Crippen LogP contribution in [-0.4, -0.2) is 36.1 Å². The van der Waals surface area contributed by atoms with Crippen LogP contribution in [0.3, 0.4) is 0 Å². The molecule has 2 heteroatoms. The second kappa shape index (κ2) is 4.84. The van der Waals surface area contributed by atoms with E-state index in [-0.39, 0.29) is 0 Å². The summed E-state index contributed by atoms with van der Waals surface area (Å²) in [4.78, 5) is 2.67. The minimum Gasteiger partial charge on any atom is -0.314 e. The predicted molar refractivity (Wildman–Crippen MR) is 65.1 cm³/mol. The Morgan fingerprint density at radius 3 is 2.67 bits per heavy atom. The van der Waals surface area contributed by atoms with Crippen molar-refractivity contribution in [3.05, 3.63) is 0 Å². The van der Waals surface area contributed by atoms with Gasteiger partial charge in [-0.05, 0) is 72.0 Å². The molecule has 1 aliphatic heterocycles. The van der Waals surface area contributed by atoms with Crippen molar-refractivity contribution >= 4 is 0 Å². The molecule has 88 valence electrons. The highest BCUT2D eigenvalue weighted by Crippen LogP contribution is 2.28. The molecule has 0 unspecified atom stereocenters. The van der Waals surface area contributed by atoms with Crippen molar-refractivity contribution in [3.8, 4) is 0 Å². The van der Waals surface area contributed by atoms with Crippen molar-refractivity contribution in [2.45, 2.75) is 64.0 Å². The van der Waals surface area contributed by atoms with E-state index in [9.17, 15) is 0 Å². The minimum atomic E-state index is 0.476. The van der Waals surface area contributed by atoms with E-state index in [2.05, 4.69) is 24.1 Å². The first-order valence-corrected chi connectivity index (χ1v) is 6.67. The standard InChI is InChI=1S/C13H26N2/c1-13(2)8-5-11-15(13)10-4-3-9-14-12-6-7-12/h12,14H,3-11H2,1-2H3. The number of nitrogens with one attached hydrogen (secondary N) is 1. The molecular formula is C13H26N2. The smallest absolute Gasteiger partial charge is 0.0153 e. The fourth-order valence-electron chi connectivity index (χ4n) is 2.60. The van der Waals surface area contributed by atoms with Gasteiger partial charge in [-0.2, -0.15) is 0 Å². The Balaban J connectivity index is 1.52. The monoisotopic (exact) mass is 210 g/mol. The number of hydrogen-bond donors (Lipinski definition) is 1. The Bertz CT molecular complexity index is 197. The van der Waals surface area contributed by atoms with Crippen molar-refractivity contribution < 1.29 is 0 Å². The summed E-state index contributed by atoms with van der Waals surface area (Å²) in [7, 11) is 0. The molecule has 0 radical (unpaired) electrons. The summed E-state index contributed by atoms with van der Waals surface area (Å²) >= 11 is 0. The van der Waals surface area contributed by atoms with Gasteiger partial charge in [0.05, 0.1) is 0 Å². The maximum Gasteiger partial charge on any atom is 0.0153 e. The van der Waals surface area contributed by atoms with Gasteiger partial charge >= 0.3 is 0 Å².